The SMILES string of the molecule is CCc1ccc(CN2CCC(CCl)CC2)s1. The van der Waals surface area contributed by atoms with E-state index in [1.54, 1.807) is 0 Å². The Morgan fingerprint density at radius 1 is 1.31 bits per heavy atom. The Kier molecular flexibility index (Phi) is 4.68. The van der Waals surface area contributed by atoms with E-state index in [1.165, 1.54) is 42.1 Å². The number of nitrogens with zero attached hydrogens (tertiary/aromatic N) is 1. The fourth-order valence-electron chi connectivity index (χ4n) is 2.22. The Hall–Kier alpha value is -0.0500. The molecule has 1 aliphatic rings. The van der Waals surface area contributed by atoms with Crippen molar-refractivity contribution < 1.29 is 0 Å². The van der Waals surface area contributed by atoms with Crippen molar-refractivity contribution in [1.82, 2.24) is 4.90 Å². The molecule has 1 aliphatic heterocycles. The van der Waals surface area contributed by atoms with E-state index in [1.807, 2.05) is 11.3 Å². The smallest absolute Gasteiger partial charge is 0.0328 e. The molecule has 0 atom stereocenters. The van der Waals surface area contributed by atoms with E-state index >= 15 is 0 Å². The Balaban J connectivity index is 1.82. The topological polar surface area (TPSA) is 3.24 Å². The van der Waals surface area contributed by atoms with Gasteiger partial charge < -0.3 is 0 Å². The molecule has 0 aromatic carbocycles. The van der Waals surface area contributed by atoms with Crippen LogP contribution in [0.4, 0.5) is 0 Å². The lowest BCUT2D eigenvalue weighted by Crippen LogP contribution is -2.33. The number of hydrogen-bond donors (Lipinski definition) is 0. The highest BCUT2D eigenvalue weighted by molar-refractivity contribution is 7.11. The van der Waals surface area contributed by atoms with E-state index in [9.17, 15) is 0 Å². The molecule has 1 saturated heterocycles. The molecule has 90 valence electrons. The number of alkyl halides is 1. The zero-order valence-corrected chi connectivity index (χ0v) is 11.5. The maximum Gasteiger partial charge on any atom is 0.0328 e. The maximum absolute atomic E-state index is 5.89. The van der Waals surface area contributed by atoms with Crippen LogP contribution >= 0.6 is 22.9 Å². The zero-order chi connectivity index (χ0) is 11.4. The van der Waals surface area contributed by atoms with Gasteiger partial charge in [0.1, 0.15) is 0 Å². The first-order valence-corrected chi connectivity index (χ1v) is 7.52. The second-order valence-electron chi connectivity index (χ2n) is 4.60. The van der Waals surface area contributed by atoms with E-state index in [2.05, 4.69) is 24.0 Å². The third-order valence-corrected chi connectivity index (χ3v) is 5.02. The first kappa shape index (κ1) is 12.4. The summed E-state index contributed by atoms with van der Waals surface area (Å²) in [6, 6.07) is 4.56. The number of rotatable bonds is 4. The summed E-state index contributed by atoms with van der Waals surface area (Å²) in [6.07, 6.45) is 3.71. The molecular formula is C13H20ClNS. The summed E-state index contributed by atoms with van der Waals surface area (Å²) in [5.74, 6) is 1.60. The Bertz CT molecular complexity index is 315. The van der Waals surface area contributed by atoms with E-state index in [4.69, 9.17) is 11.6 Å². The lowest BCUT2D eigenvalue weighted by atomic mass is 9.99. The van der Waals surface area contributed by atoms with Crippen LogP contribution in [-0.4, -0.2) is 23.9 Å². The molecule has 3 heteroatoms. The highest BCUT2D eigenvalue weighted by Crippen LogP contribution is 2.23. The van der Waals surface area contributed by atoms with Crippen LogP contribution in [0.25, 0.3) is 0 Å². The monoisotopic (exact) mass is 257 g/mol. The van der Waals surface area contributed by atoms with Gasteiger partial charge in [-0.05, 0) is 50.4 Å². The molecule has 0 unspecified atom stereocenters. The lowest BCUT2D eigenvalue weighted by Gasteiger charge is -2.30. The number of aryl methyl sites for hydroxylation is 1. The summed E-state index contributed by atoms with van der Waals surface area (Å²) in [6.45, 7) is 5.80. The van der Waals surface area contributed by atoms with Gasteiger partial charge in [0, 0.05) is 22.2 Å². The molecule has 0 amide bonds. The lowest BCUT2D eigenvalue weighted by molar-refractivity contribution is 0.188. The normalized spacial score (nSPS) is 19.1. The quantitative estimate of drug-likeness (QED) is 0.743. The minimum absolute atomic E-state index is 0.757. The van der Waals surface area contributed by atoms with Crippen LogP contribution < -0.4 is 0 Å². The molecule has 0 spiro atoms. The summed E-state index contributed by atoms with van der Waals surface area (Å²) in [4.78, 5) is 5.58. The second kappa shape index (κ2) is 6.04. The average Bonchev–Trinajstić information content (AvgIpc) is 2.78. The molecule has 0 bridgehead atoms. The minimum Gasteiger partial charge on any atom is -0.298 e. The molecule has 1 fully saturated rings. The summed E-state index contributed by atoms with van der Waals surface area (Å²) >= 11 is 7.86. The first-order valence-electron chi connectivity index (χ1n) is 6.17. The van der Waals surface area contributed by atoms with Crippen LogP contribution in [0.2, 0.25) is 0 Å². The van der Waals surface area contributed by atoms with Crippen molar-refractivity contribution in [3.63, 3.8) is 0 Å². The van der Waals surface area contributed by atoms with Crippen LogP contribution in [0.15, 0.2) is 12.1 Å². The highest BCUT2D eigenvalue weighted by atomic mass is 35.5. The number of piperidine rings is 1. The van der Waals surface area contributed by atoms with Gasteiger partial charge in [-0.15, -0.1) is 22.9 Å². The summed E-state index contributed by atoms with van der Waals surface area (Å²) in [5, 5.41) is 0. The average molecular weight is 258 g/mol. The Labute approximate surface area is 107 Å². The molecule has 2 rings (SSSR count). The standard InChI is InChI=1S/C13H20ClNS/c1-2-12-3-4-13(16-12)10-15-7-5-11(9-14)6-8-15/h3-4,11H,2,5-10H2,1H3. The molecule has 0 N–H and O–H groups in total. The van der Waals surface area contributed by atoms with Crippen LogP contribution in [0.5, 0.6) is 0 Å². The first-order chi connectivity index (χ1) is 7.81. The predicted molar refractivity (Wildman–Crippen MR) is 72.4 cm³/mol. The van der Waals surface area contributed by atoms with Gasteiger partial charge in [0.15, 0.2) is 0 Å². The van der Waals surface area contributed by atoms with Crippen LogP contribution in [0.3, 0.4) is 0 Å². The van der Waals surface area contributed by atoms with Crippen LogP contribution in [0, 0.1) is 5.92 Å². The van der Waals surface area contributed by atoms with Gasteiger partial charge in [-0.25, -0.2) is 0 Å². The molecule has 0 radical (unpaired) electrons. The Morgan fingerprint density at radius 3 is 2.56 bits per heavy atom. The van der Waals surface area contributed by atoms with Gasteiger partial charge in [-0.3, -0.25) is 4.90 Å². The molecule has 1 nitrogen and oxygen atoms in total. The number of thiophene rings is 1. The van der Waals surface area contributed by atoms with Crippen LogP contribution in [0.1, 0.15) is 29.5 Å². The third kappa shape index (κ3) is 3.22. The van der Waals surface area contributed by atoms with Crippen LogP contribution in [-0.2, 0) is 13.0 Å². The van der Waals surface area contributed by atoms with Gasteiger partial charge in [-0.1, -0.05) is 6.92 Å². The minimum atomic E-state index is 0.757. The van der Waals surface area contributed by atoms with Gasteiger partial charge in [0.2, 0.25) is 0 Å². The van der Waals surface area contributed by atoms with Gasteiger partial charge >= 0.3 is 0 Å². The number of hydrogen-bond acceptors (Lipinski definition) is 2. The largest absolute Gasteiger partial charge is 0.298 e. The van der Waals surface area contributed by atoms with Crippen molar-refractivity contribution in [2.75, 3.05) is 19.0 Å². The third-order valence-electron chi connectivity index (χ3n) is 3.37. The molecule has 0 saturated carbocycles. The fraction of sp³-hybridized carbons (Fsp3) is 0.692. The number of halogens is 1. The van der Waals surface area contributed by atoms with Crippen molar-refractivity contribution in [3.05, 3.63) is 21.9 Å². The maximum atomic E-state index is 5.89. The second-order valence-corrected chi connectivity index (χ2v) is 6.16. The highest BCUT2D eigenvalue weighted by Gasteiger charge is 2.18. The zero-order valence-electron chi connectivity index (χ0n) is 9.92. The molecule has 16 heavy (non-hydrogen) atoms. The summed E-state index contributed by atoms with van der Waals surface area (Å²) in [5.41, 5.74) is 0. The Morgan fingerprint density at radius 2 is 2.00 bits per heavy atom. The van der Waals surface area contributed by atoms with Crippen molar-refractivity contribution in [2.45, 2.75) is 32.7 Å². The molecule has 1 aromatic rings. The van der Waals surface area contributed by atoms with Gasteiger partial charge in [0.25, 0.3) is 0 Å². The summed E-state index contributed by atoms with van der Waals surface area (Å²) in [7, 11) is 0. The molecule has 1 aromatic heterocycles. The predicted octanol–water partition coefficient (Wildman–Crippen LogP) is 3.76. The van der Waals surface area contributed by atoms with Crippen molar-refractivity contribution >= 4 is 22.9 Å². The van der Waals surface area contributed by atoms with Gasteiger partial charge in [0.05, 0.1) is 0 Å². The molecule has 2 heterocycles. The molecular weight excluding hydrogens is 238 g/mol. The van der Waals surface area contributed by atoms with Crippen molar-refractivity contribution in [1.29, 1.82) is 0 Å². The molecule has 0 aliphatic carbocycles. The van der Waals surface area contributed by atoms with E-state index in [0.717, 1.165) is 18.3 Å². The van der Waals surface area contributed by atoms with Crippen molar-refractivity contribution in [3.8, 4) is 0 Å². The van der Waals surface area contributed by atoms with E-state index in [-0.39, 0.29) is 0 Å². The van der Waals surface area contributed by atoms with E-state index < -0.39 is 0 Å². The number of likely N-dealkylation sites (tertiary alicyclic amines) is 1. The van der Waals surface area contributed by atoms with Gasteiger partial charge in [-0.2, -0.15) is 0 Å². The summed E-state index contributed by atoms with van der Waals surface area (Å²) < 4.78 is 0. The fourth-order valence-corrected chi connectivity index (χ4v) is 3.53. The van der Waals surface area contributed by atoms with Crippen molar-refractivity contribution in [2.24, 2.45) is 5.92 Å². The van der Waals surface area contributed by atoms with E-state index in [0.29, 0.717) is 0 Å².